The summed E-state index contributed by atoms with van der Waals surface area (Å²) in [7, 11) is 3.55. The minimum Gasteiger partial charge on any atom is -0.335 e. The summed E-state index contributed by atoms with van der Waals surface area (Å²) in [6, 6.07) is 7.46. The molecule has 5 heteroatoms. The van der Waals surface area contributed by atoms with Crippen molar-refractivity contribution in [1.82, 2.24) is 14.7 Å². The third-order valence-electron chi connectivity index (χ3n) is 3.21. The molecule has 0 aliphatic carbocycles. The quantitative estimate of drug-likeness (QED) is 0.865. The summed E-state index contributed by atoms with van der Waals surface area (Å²) in [5, 5.41) is 4.68. The molecule has 100 valence electrons. The number of nitrogens with zero attached hydrogens (tertiary/aromatic N) is 3. The summed E-state index contributed by atoms with van der Waals surface area (Å²) in [5.41, 5.74) is 1.51. The zero-order valence-corrected chi connectivity index (χ0v) is 11.9. The molecule has 2 aromatic rings. The maximum atomic E-state index is 12.3. The number of benzene rings is 1. The van der Waals surface area contributed by atoms with Crippen molar-refractivity contribution in [3.63, 3.8) is 0 Å². The van der Waals surface area contributed by atoms with Crippen molar-refractivity contribution in [1.29, 1.82) is 0 Å². The number of carbonyl (C=O) groups is 1. The zero-order chi connectivity index (χ0) is 14.0. The average Bonchev–Trinajstić information content (AvgIpc) is 2.83. The van der Waals surface area contributed by atoms with Gasteiger partial charge in [-0.15, -0.1) is 0 Å². The molecule has 1 aromatic heterocycles. The van der Waals surface area contributed by atoms with Gasteiger partial charge in [0.2, 0.25) is 0 Å². The van der Waals surface area contributed by atoms with E-state index >= 15 is 0 Å². The Balaban J connectivity index is 2.22. The number of amides is 1. The van der Waals surface area contributed by atoms with E-state index in [2.05, 4.69) is 5.10 Å². The van der Waals surface area contributed by atoms with E-state index in [0.29, 0.717) is 10.6 Å². The lowest BCUT2D eigenvalue weighted by atomic mass is 10.1. The summed E-state index contributed by atoms with van der Waals surface area (Å²) in [6.07, 6.45) is 3.27. The van der Waals surface area contributed by atoms with E-state index in [0.717, 1.165) is 5.56 Å². The topological polar surface area (TPSA) is 38.1 Å². The molecule has 0 aliphatic heterocycles. The highest BCUT2D eigenvalue weighted by atomic mass is 35.5. The van der Waals surface area contributed by atoms with Gasteiger partial charge in [-0.3, -0.25) is 9.48 Å². The Kier molecular flexibility index (Phi) is 3.90. The molecule has 0 radical (unpaired) electrons. The van der Waals surface area contributed by atoms with Crippen molar-refractivity contribution in [3.8, 4) is 0 Å². The highest BCUT2D eigenvalue weighted by Crippen LogP contribution is 2.27. The molecule has 0 aliphatic rings. The second kappa shape index (κ2) is 5.45. The second-order valence-corrected chi connectivity index (χ2v) is 4.92. The number of hydrogen-bond donors (Lipinski definition) is 0. The first kappa shape index (κ1) is 13.6. The molecule has 0 spiro atoms. The first-order valence-corrected chi connectivity index (χ1v) is 6.38. The molecule has 4 nitrogen and oxygen atoms in total. The fraction of sp³-hybridized carbons (Fsp3) is 0.286. The Morgan fingerprint density at radius 1 is 1.42 bits per heavy atom. The van der Waals surface area contributed by atoms with Crippen LogP contribution >= 0.6 is 11.6 Å². The fourth-order valence-corrected chi connectivity index (χ4v) is 2.23. The molecule has 0 N–H and O–H groups in total. The summed E-state index contributed by atoms with van der Waals surface area (Å²) >= 11 is 6.16. The molecule has 1 unspecified atom stereocenters. The van der Waals surface area contributed by atoms with Gasteiger partial charge in [-0.25, -0.2) is 0 Å². The molecule has 0 saturated carbocycles. The number of hydrogen-bond acceptors (Lipinski definition) is 2. The van der Waals surface area contributed by atoms with Gasteiger partial charge in [0.05, 0.1) is 17.8 Å². The van der Waals surface area contributed by atoms with Crippen LogP contribution in [0.1, 0.15) is 28.9 Å². The fourth-order valence-electron chi connectivity index (χ4n) is 1.93. The van der Waals surface area contributed by atoms with Gasteiger partial charge >= 0.3 is 0 Å². The van der Waals surface area contributed by atoms with Gasteiger partial charge in [0, 0.05) is 25.3 Å². The predicted molar refractivity (Wildman–Crippen MR) is 75.2 cm³/mol. The Hall–Kier alpha value is -1.81. The molecule has 1 aromatic carbocycles. The number of halogens is 1. The van der Waals surface area contributed by atoms with Crippen molar-refractivity contribution in [2.24, 2.45) is 7.05 Å². The third-order valence-corrected chi connectivity index (χ3v) is 3.55. The van der Waals surface area contributed by atoms with Gasteiger partial charge in [-0.05, 0) is 18.6 Å². The maximum absolute atomic E-state index is 12.3. The van der Waals surface area contributed by atoms with Crippen LogP contribution in [0, 0.1) is 0 Å². The van der Waals surface area contributed by atoms with Crippen LogP contribution in [0.3, 0.4) is 0 Å². The number of carbonyl (C=O) groups excluding carboxylic acids is 1. The summed E-state index contributed by atoms with van der Waals surface area (Å²) in [6.45, 7) is 1.95. The van der Waals surface area contributed by atoms with Crippen molar-refractivity contribution >= 4 is 17.5 Å². The number of rotatable bonds is 3. The Bertz CT molecular complexity index is 594. The van der Waals surface area contributed by atoms with Crippen LogP contribution in [0.4, 0.5) is 0 Å². The molecule has 0 fully saturated rings. The van der Waals surface area contributed by atoms with E-state index < -0.39 is 0 Å². The van der Waals surface area contributed by atoms with Gasteiger partial charge < -0.3 is 4.90 Å². The van der Waals surface area contributed by atoms with Crippen LogP contribution in [0.5, 0.6) is 0 Å². The molecular formula is C14H16ClN3O. The number of aryl methyl sites for hydroxylation is 1. The van der Waals surface area contributed by atoms with E-state index in [1.54, 1.807) is 36.1 Å². The molecular weight excluding hydrogens is 262 g/mol. The van der Waals surface area contributed by atoms with E-state index in [1.165, 1.54) is 0 Å². The van der Waals surface area contributed by atoms with Crippen molar-refractivity contribution < 1.29 is 4.79 Å². The van der Waals surface area contributed by atoms with Crippen LogP contribution in [0.2, 0.25) is 5.02 Å². The lowest BCUT2D eigenvalue weighted by Crippen LogP contribution is -2.29. The molecule has 0 bridgehead atoms. The molecule has 1 amide bonds. The first-order valence-electron chi connectivity index (χ1n) is 6.01. The lowest BCUT2D eigenvalue weighted by Gasteiger charge is -2.25. The largest absolute Gasteiger partial charge is 0.335 e. The van der Waals surface area contributed by atoms with E-state index in [-0.39, 0.29) is 11.9 Å². The normalized spacial score (nSPS) is 12.2. The minimum absolute atomic E-state index is 0.0690. The monoisotopic (exact) mass is 277 g/mol. The van der Waals surface area contributed by atoms with Crippen LogP contribution in [0.25, 0.3) is 0 Å². The Morgan fingerprint density at radius 2 is 2.11 bits per heavy atom. The van der Waals surface area contributed by atoms with E-state index in [1.807, 2.05) is 31.2 Å². The van der Waals surface area contributed by atoms with Crippen molar-refractivity contribution in [2.75, 3.05) is 7.05 Å². The molecule has 0 saturated heterocycles. The van der Waals surface area contributed by atoms with Gasteiger partial charge in [-0.2, -0.15) is 5.10 Å². The average molecular weight is 278 g/mol. The second-order valence-electron chi connectivity index (χ2n) is 4.52. The van der Waals surface area contributed by atoms with Crippen molar-refractivity contribution in [2.45, 2.75) is 13.0 Å². The van der Waals surface area contributed by atoms with Gasteiger partial charge in [0.15, 0.2) is 0 Å². The van der Waals surface area contributed by atoms with Crippen molar-refractivity contribution in [3.05, 3.63) is 52.8 Å². The lowest BCUT2D eigenvalue weighted by molar-refractivity contribution is 0.0742. The van der Waals surface area contributed by atoms with Crippen LogP contribution in [0.15, 0.2) is 36.7 Å². The number of aromatic nitrogens is 2. The highest BCUT2D eigenvalue weighted by molar-refractivity contribution is 6.31. The predicted octanol–water partition coefficient (Wildman–Crippen LogP) is 2.91. The van der Waals surface area contributed by atoms with E-state index in [9.17, 15) is 4.79 Å². The standard InChI is InChI=1S/C14H16ClN3O/c1-10(12-6-4-5-7-13(12)15)18(3)14(19)11-8-16-17(2)9-11/h4-10H,1-3H3. The van der Waals surface area contributed by atoms with Gasteiger partial charge in [0.25, 0.3) is 5.91 Å². The van der Waals surface area contributed by atoms with Crippen LogP contribution in [-0.4, -0.2) is 27.6 Å². The van der Waals surface area contributed by atoms with Crippen LogP contribution in [-0.2, 0) is 7.05 Å². The molecule has 19 heavy (non-hydrogen) atoms. The maximum Gasteiger partial charge on any atom is 0.257 e. The zero-order valence-electron chi connectivity index (χ0n) is 11.2. The smallest absolute Gasteiger partial charge is 0.257 e. The Morgan fingerprint density at radius 3 is 2.68 bits per heavy atom. The molecule has 1 heterocycles. The molecule has 1 atom stereocenters. The summed E-state index contributed by atoms with van der Waals surface area (Å²) in [4.78, 5) is 14.0. The first-order chi connectivity index (χ1) is 9.00. The van der Waals surface area contributed by atoms with Gasteiger partial charge in [0.1, 0.15) is 0 Å². The molecule has 2 rings (SSSR count). The minimum atomic E-state index is -0.0959. The third kappa shape index (κ3) is 2.79. The Labute approximate surface area is 117 Å². The van der Waals surface area contributed by atoms with Gasteiger partial charge in [-0.1, -0.05) is 29.8 Å². The SMILES string of the molecule is CC(c1ccccc1Cl)N(C)C(=O)c1cnn(C)c1. The summed E-state index contributed by atoms with van der Waals surface area (Å²) < 4.78 is 1.61. The highest BCUT2D eigenvalue weighted by Gasteiger charge is 2.21. The van der Waals surface area contributed by atoms with Crippen LogP contribution < -0.4 is 0 Å². The van der Waals surface area contributed by atoms with E-state index in [4.69, 9.17) is 11.6 Å². The summed E-state index contributed by atoms with van der Waals surface area (Å²) in [5.74, 6) is -0.0690.